The quantitative estimate of drug-likeness (QED) is 0.782. The van der Waals surface area contributed by atoms with Gasteiger partial charge in [-0.2, -0.15) is 0 Å². The Morgan fingerprint density at radius 1 is 1.40 bits per heavy atom. The van der Waals surface area contributed by atoms with Crippen molar-refractivity contribution in [1.29, 1.82) is 0 Å². The number of aryl methyl sites for hydroxylation is 1. The molecule has 0 radical (unpaired) electrons. The fourth-order valence-corrected chi connectivity index (χ4v) is 2.12. The molecular weight excluding hydrogens is 184 g/mol. The summed E-state index contributed by atoms with van der Waals surface area (Å²) in [5, 5.41) is 7.02. The van der Waals surface area contributed by atoms with Crippen LogP contribution in [0.15, 0.2) is 24.3 Å². The van der Waals surface area contributed by atoms with Crippen LogP contribution in [-0.2, 0) is 6.54 Å². The SMILES string of the molecule is Cc1ccccc1CNCC1CCCN1. The van der Waals surface area contributed by atoms with Crippen molar-refractivity contribution in [2.24, 2.45) is 0 Å². The van der Waals surface area contributed by atoms with Crippen LogP contribution in [0.5, 0.6) is 0 Å². The summed E-state index contributed by atoms with van der Waals surface area (Å²) in [6, 6.07) is 9.26. The Bertz CT molecular complexity index is 303. The predicted octanol–water partition coefficient (Wildman–Crippen LogP) is 1.84. The Morgan fingerprint density at radius 2 is 2.27 bits per heavy atom. The lowest BCUT2D eigenvalue weighted by Gasteiger charge is -2.12. The number of hydrogen-bond donors (Lipinski definition) is 2. The van der Waals surface area contributed by atoms with Crippen LogP contribution in [0.25, 0.3) is 0 Å². The van der Waals surface area contributed by atoms with Crippen molar-refractivity contribution >= 4 is 0 Å². The van der Waals surface area contributed by atoms with Gasteiger partial charge in [0, 0.05) is 19.1 Å². The number of rotatable bonds is 4. The van der Waals surface area contributed by atoms with Gasteiger partial charge in [0.1, 0.15) is 0 Å². The van der Waals surface area contributed by atoms with Crippen LogP contribution >= 0.6 is 0 Å². The number of benzene rings is 1. The summed E-state index contributed by atoms with van der Waals surface area (Å²) in [6.07, 6.45) is 2.65. The first-order chi connectivity index (χ1) is 7.36. The minimum Gasteiger partial charge on any atom is -0.313 e. The highest BCUT2D eigenvalue weighted by Crippen LogP contribution is 2.07. The van der Waals surface area contributed by atoms with E-state index in [0.29, 0.717) is 6.04 Å². The predicted molar refractivity (Wildman–Crippen MR) is 63.9 cm³/mol. The van der Waals surface area contributed by atoms with Gasteiger partial charge in [-0.3, -0.25) is 0 Å². The van der Waals surface area contributed by atoms with Crippen LogP contribution in [-0.4, -0.2) is 19.1 Å². The molecule has 2 rings (SSSR count). The first-order valence-electron chi connectivity index (χ1n) is 5.85. The molecule has 0 aromatic heterocycles. The monoisotopic (exact) mass is 204 g/mol. The second-order valence-electron chi connectivity index (χ2n) is 4.35. The highest BCUT2D eigenvalue weighted by molar-refractivity contribution is 5.25. The molecule has 1 aliphatic heterocycles. The van der Waals surface area contributed by atoms with Gasteiger partial charge in [-0.25, -0.2) is 0 Å². The summed E-state index contributed by atoms with van der Waals surface area (Å²) in [7, 11) is 0. The second-order valence-corrected chi connectivity index (χ2v) is 4.35. The van der Waals surface area contributed by atoms with E-state index < -0.39 is 0 Å². The average Bonchev–Trinajstić information content (AvgIpc) is 2.74. The van der Waals surface area contributed by atoms with Crippen molar-refractivity contribution < 1.29 is 0 Å². The molecule has 15 heavy (non-hydrogen) atoms. The lowest BCUT2D eigenvalue weighted by atomic mass is 10.1. The van der Waals surface area contributed by atoms with Crippen molar-refractivity contribution in [2.75, 3.05) is 13.1 Å². The van der Waals surface area contributed by atoms with Crippen LogP contribution < -0.4 is 10.6 Å². The van der Waals surface area contributed by atoms with Gasteiger partial charge in [-0.05, 0) is 37.4 Å². The molecule has 1 aliphatic rings. The largest absolute Gasteiger partial charge is 0.313 e. The molecule has 82 valence electrons. The highest BCUT2D eigenvalue weighted by atomic mass is 15.0. The first-order valence-corrected chi connectivity index (χ1v) is 5.85. The Kier molecular flexibility index (Phi) is 3.75. The van der Waals surface area contributed by atoms with Gasteiger partial charge in [0.2, 0.25) is 0 Å². The van der Waals surface area contributed by atoms with E-state index in [1.165, 1.54) is 30.5 Å². The fourth-order valence-electron chi connectivity index (χ4n) is 2.12. The van der Waals surface area contributed by atoms with Crippen molar-refractivity contribution in [3.8, 4) is 0 Å². The molecule has 2 heteroatoms. The van der Waals surface area contributed by atoms with E-state index in [4.69, 9.17) is 0 Å². The third-order valence-corrected chi connectivity index (χ3v) is 3.13. The lowest BCUT2D eigenvalue weighted by Crippen LogP contribution is -2.33. The zero-order valence-electron chi connectivity index (χ0n) is 9.42. The second kappa shape index (κ2) is 5.29. The van der Waals surface area contributed by atoms with E-state index in [-0.39, 0.29) is 0 Å². The van der Waals surface area contributed by atoms with E-state index in [2.05, 4.69) is 41.8 Å². The molecule has 1 atom stereocenters. The van der Waals surface area contributed by atoms with E-state index >= 15 is 0 Å². The minimum absolute atomic E-state index is 0.689. The summed E-state index contributed by atoms with van der Waals surface area (Å²) >= 11 is 0. The Hall–Kier alpha value is -0.860. The molecule has 0 saturated carbocycles. The molecule has 0 bridgehead atoms. The van der Waals surface area contributed by atoms with Crippen LogP contribution in [0.3, 0.4) is 0 Å². The van der Waals surface area contributed by atoms with E-state index in [0.717, 1.165) is 13.1 Å². The van der Waals surface area contributed by atoms with Crippen LogP contribution in [0.4, 0.5) is 0 Å². The number of nitrogens with one attached hydrogen (secondary N) is 2. The van der Waals surface area contributed by atoms with Crippen LogP contribution in [0.2, 0.25) is 0 Å². The fraction of sp³-hybridized carbons (Fsp3) is 0.538. The standard InChI is InChI=1S/C13H20N2/c1-11-5-2-3-6-12(11)9-14-10-13-7-4-8-15-13/h2-3,5-6,13-15H,4,7-10H2,1H3. The molecular formula is C13H20N2. The molecule has 0 spiro atoms. The zero-order chi connectivity index (χ0) is 10.5. The van der Waals surface area contributed by atoms with Gasteiger partial charge >= 0.3 is 0 Å². The molecule has 1 aromatic carbocycles. The molecule has 2 N–H and O–H groups in total. The summed E-state index contributed by atoms with van der Waals surface area (Å²) in [6.45, 7) is 5.45. The summed E-state index contributed by atoms with van der Waals surface area (Å²) < 4.78 is 0. The number of hydrogen-bond acceptors (Lipinski definition) is 2. The Labute approximate surface area is 92.1 Å². The third-order valence-electron chi connectivity index (χ3n) is 3.13. The topological polar surface area (TPSA) is 24.1 Å². The van der Waals surface area contributed by atoms with Crippen LogP contribution in [0, 0.1) is 6.92 Å². The van der Waals surface area contributed by atoms with Gasteiger partial charge in [0.25, 0.3) is 0 Å². The Morgan fingerprint density at radius 3 is 3.00 bits per heavy atom. The van der Waals surface area contributed by atoms with Gasteiger partial charge < -0.3 is 10.6 Å². The highest BCUT2D eigenvalue weighted by Gasteiger charge is 2.12. The molecule has 1 aromatic rings. The zero-order valence-corrected chi connectivity index (χ0v) is 9.42. The maximum atomic E-state index is 3.52. The van der Waals surface area contributed by atoms with Crippen molar-refractivity contribution in [1.82, 2.24) is 10.6 Å². The summed E-state index contributed by atoms with van der Waals surface area (Å²) in [5.41, 5.74) is 2.79. The maximum absolute atomic E-state index is 3.52. The molecule has 1 fully saturated rings. The van der Waals surface area contributed by atoms with E-state index in [1.54, 1.807) is 0 Å². The lowest BCUT2D eigenvalue weighted by molar-refractivity contribution is 0.535. The van der Waals surface area contributed by atoms with Gasteiger partial charge in [-0.15, -0.1) is 0 Å². The van der Waals surface area contributed by atoms with E-state index in [9.17, 15) is 0 Å². The van der Waals surface area contributed by atoms with E-state index in [1.807, 2.05) is 0 Å². The minimum atomic E-state index is 0.689. The third kappa shape index (κ3) is 3.05. The normalized spacial score (nSPS) is 20.7. The van der Waals surface area contributed by atoms with Gasteiger partial charge in [0.05, 0.1) is 0 Å². The molecule has 1 saturated heterocycles. The van der Waals surface area contributed by atoms with Crippen LogP contribution in [0.1, 0.15) is 24.0 Å². The summed E-state index contributed by atoms with van der Waals surface area (Å²) in [5.74, 6) is 0. The Balaban J connectivity index is 1.75. The van der Waals surface area contributed by atoms with Gasteiger partial charge in [-0.1, -0.05) is 24.3 Å². The molecule has 0 aliphatic carbocycles. The van der Waals surface area contributed by atoms with Crippen molar-refractivity contribution in [2.45, 2.75) is 32.4 Å². The molecule has 0 amide bonds. The van der Waals surface area contributed by atoms with Crippen molar-refractivity contribution in [3.05, 3.63) is 35.4 Å². The molecule has 1 heterocycles. The maximum Gasteiger partial charge on any atom is 0.0208 e. The molecule has 1 unspecified atom stereocenters. The van der Waals surface area contributed by atoms with Crippen molar-refractivity contribution in [3.63, 3.8) is 0 Å². The van der Waals surface area contributed by atoms with Gasteiger partial charge in [0.15, 0.2) is 0 Å². The molecule has 2 nitrogen and oxygen atoms in total. The smallest absolute Gasteiger partial charge is 0.0208 e. The summed E-state index contributed by atoms with van der Waals surface area (Å²) in [4.78, 5) is 0. The first kappa shape index (κ1) is 10.7. The average molecular weight is 204 g/mol.